The lowest BCUT2D eigenvalue weighted by Crippen LogP contribution is -2.20. The molecule has 0 aliphatic heterocycles. The van der Waals surface area contributed by atoms with Gasteiger partial charge in [-0.25, -0.2) is 0 Å². The zero-order valence-corrected chi connectivity index (χ0v) is 11.8. The summed E-state index contributed by atoms with van der Waals surface area (Å²) < 4.78 is 0. The van der Waals surface area contributed by atoms with Crippen LogP contribution in [0.25, 0.3) is 0 Å². The molecule has 0 unspecified atom stereocenters. The van der Waals surface area contributed by atoms with Gasteiger partial charge in [0.2, 0.25) is 0 Å². The van der Waals surface area contributed by atoms with Crippen LogP contribution in [0, 0.1) is 18.8 Å². The summed E-state index contributed by atoms with van der Waals surface area (Å²) >= 11 is 0. The fraction of sp³-hybridized carbons (Fsp3) is 0.500. The third-order valence-electron chi connectivity index (χ3n) is 3.06. The first-order chi connectivity index (χ1) is 8.88. The minimum absolute atomic E-state index is 0.00125. The molecule has 1 rings (SSSR count). The lowest BCUT2D eigenvalue weighted by molar-refractivity contribution is -0.144. The van der Waals surface area contributed by atoms with Gasteiger partial charge in [-0.2, -0.15) is 0 Å². The molecule has 0 aliphatic rings. The largest absolute Gasteiger partial charge is 0.481 e. The average molecular weight is 262 g/mol. The number of rotatable bonds is 7. The Labute approximate surface area is 114 Å². The highest BCUT2D eigenvalue weighted by Crippen LogP contribution is 2.17. The van der Waals surface area contributed by atoms with Crippen molar-refractivity contribution in [3.8, 4) is 0 Å². The van der Waals surface area contributed by atoms with Gasteiger partial charge in [-0.1, -0.05) is 43.7 Å². The molecule has 0 bridgehead atoms. The van der Waals surface area contributed by atoms with Crippen LogP contribution in [0.4, 0.5) is 0 Å². The second-order valence-corrected chi connectivity index (χ2v) is 5.57. The van der Waals surface area contributed by atoms with E-state index in [9.17, 15) is 9.59 Å². The summed E-state index contributed by atoms with van der Waals surface area (Å²) in [4.78, 5) is 23.1. The maximum Gasteiger partial charge on any atom is 0.306 e. The molecule has 1 aromatic carbocycles. The predicted molar refractivity (Wildman–Crippen MR) is 75.1 cm³/mol. The zero-order valence-electron chi connectivity index (χ0n) is 11.8. The van der Waals surface area contributed by atoms with E-state index in [0.717, 1.165) is 11.1 Å². The van der Waals surface area contributed by atoms with Crippen molar-refractivity contribution in [1.29, 1.82) is 0 Å². The molecule has 0 amide bonds. The molecule has 3 heteroatoms. The van der Waals surface area contributed by atoms with E-state index in [4.69, 9.17) is 5.11 Å². The van der Waals surface area contributed by atoms with Gasteiger partial charge < -0.3 is 5.11 Å². The van der Waals surface area contributed by atoms with Gasteiger partial charge in [0, 0.05) is 12.8 Å². The molecule has 0 fully saturated rings. The van der Waals surface area contributed by atoms with Crippen molar-refractivity contribution >= 4 is 11.8 Å². The number of aliphatic carboxylic acids is 1. The van der Waals surface area contributed by atoms with Crippen molar-refractivity contribution < 1.29 is 14.7 Å². The van der Waals surface area contributed by atoms with Gasteiger partial charge in [0.1, 0.15) is 5.78 Å². The fourth-order valence-electron chi connectivity index (χ4n) is 2.24. The molecule has 19 heavy (non-hydrogen) atoms. The van der Waals surface area contributed by atoms with Crippen LogP contribution in [-0.4, -0.2) is 16.9 Å². The first-order valence-corrected chi connectivity index (χ1v) is 6.68. The van der Waals surface area contributed by atoms with Crippen molar-refractivity contribution in [3.05, 3.63) is 35.4 Å². The average Bonchev–Trinajstić information content (AvgIpc) is 2.27. The molecular weight excluding hydrogens is 240 g/mol. The van der Waals surface area contributed by atoms with E-state index in [0.29, 0.717) is 12.8 Å². The summed E-state index contributed by atoms with van der Waals surface area (Å²) in [5, 5.41) is 9.13. The van der Waals surface area contributed by atoms with Gasteiger partial charge in [0.05, 0.1) is 5.92 Å². The molecule has 1 aromatic rings. The van der Waals surface area contributed by atoms with Crippen LogP contribution in [0.1, 0.15) is 37.8 Å². The lowest BCUT2D eigenvalue weighted by atomic mass is 9.91. The molecule has 0 aliphatic carbocycles. The molecule has 1 atom stereocenters. The quantitative estimate of drug-likeness (QED) is 0.820. The smallest absolute Gasteiger partial charge is 0.306 e. The Balaban J connectivity index is 2.60. The Bertz CT molecular complexity index is 449. The molecule has 104 valence electrons. The van der Waals surface area contributed by atoms with Crippen LogP contribution in [0.3, 0.4) is 0 Å². The highest BCUT2D eigenvalue weighted by atomic mass is 16.4. The number of Topliss-reactive ketones (excluding diaryl/α,β-unsaturated/α-hetero) is 1. The Morgan fingerprint density at radius 1 is 1.26 bits per heavy atom. The normalized spacial score (nSPS) is 12.4. The molecular formula is C16H22O3. The summed E-state index contributed by atoms with van der Waals surface area (Å²) in [6.45, 7) is 5.93. The second kappa shape index (κ2) is 7.07. The van der Waals surface area contributed by atoms with Gasteiger partial charge in [0.25, 0.3) is 0 Å². The zero-order chi connectivity index (χ0) is 14.4. The van der Waals surface area contributed by atoms with Crippen molar-refractivity contribution in [2.24, 2.45) is 11.8 Å². The topological polar surface area (TPSA) is 54.4 Å². The lowest BCUT2D eigenvalue weighted by Gasteiger charge is -2.13. The van der Waals surface area contributed by atoms with Crippen LogP contribution in [0.2, 0.25) is 0 Å². The SMILES string of the molecule is Cc1cccc(CC(=O)C[C@H](CC(C)C)C(=O)O)c1. The molecule has 0 heterocycles. The number of hydrogen-bond donors (Lipinski definition) is 1. The van der Waals surface area contributed by atoms with Crippen LogP contribution in [0.15, 0.2) is 24.3 Å². The molecule has 0 spiro atoms. The van der Waals surface area contributed by atoms with Gasteiger partial charge in [-0.15, -0.1) is 0 Å². The van der Waals surface area contributed by atoms with Crippen molar-refractivity contribution in [2.75, 3.05) is 0 Å². The van der Waals surface area contributed by atoms with E-state index in [2.05, 4.69) is 0 Å². The number of carbonyl (C=O) groups is 2. The molecule has 1 N–H and O–H groups in total. The van der Waals surface area contributed by atoms with E-state index in [-0.39, 0.29) is 18.1 Å². The summed E-state index contributed by atoms with van der Waals surface area (Å²) in [6.07, 6.45) is 1.000. The van der Waals surface area contributed by atoms with E-state index in [1.54, 1.807) is 0 Å². The number of benzene rings is 1. The molecule has 3 nitrogen and oxygen atoms in total. The number of hydrogen-bond acceptors (Lipinski definition) is 2. The van der Waals surface area contributed by atoms with Gasteiger partial charge in [0.15, 0.2) is 0 Å². The standard InChI is InChI=1S/C16H22O3/c1-11(2)7-14(16(18)19)10-15(17)9-13-6-4-5-12(3)8-13/h4-6,8,11,14H,7,9-10H2,1-3H3,(H,18,19)/t14-/m0/s1. The summed E-state index contributed by atoms with van der Waals surface area (Å²) in [6, 6.07) is 7.77. The van der Waals surface area contributed by atoms with E-state index < -0.39 is 11.9 Å². The third kappa shape index (κ3) is 5.69. The molecule has 0 saturated heterocycles. The molecule has 0 aromatic heterocycles. The third-order valence-corrected chi connectivity index (χ3v) is 3.06. The van der Waals surface area contributed by atoms with Gasteiger partial charge in [-0.05, 0) is 24.8 Å². The predicted octanol–water partition coefficient (Wildman–Crippen LogP) is 3.24. The highest BCUT2D eigenvalue weighted by Gasteiger charge is 2.22. The Morgan fingerprint density at radius 2 is 1.95 bits per heavy atom. The van der Waals surface area contributed by atoms with Crippen molar-refractivity contribution in [1.82, 2.24) is 0 Å². The van der Waals surface area contributed by atoms with Gasteiger partial charge >= 0.3 is 5.97 Å². The van der Waals surface area contributed by atoms with Gasteiger partial charge in [-0.3, -0.25) is 9.59 Å². The first-order valence-electron chi connectivity index (χ1n) is 6.68. The molecule has 0 saturated carbocycles. The Hall–Kier alpha value is -1.64. The van der Waals surface area contributed by atoms with E-state index in [1.807, 2.05) is 45.0 Å². The van der Waals surface area contributed by atoms with Crippen molar-refractivity contribution in [3.63, 3.8) is 0 Å². The maximum atomic E-state index is 12.0. The number of aryl methyl sites for hydroxylation is 1. The fourth-order valence-corrected chi connectivity index (χ4v) is 2.24. The van der Waals surface area contributed by atoms with E-state index in [1.165, 1.54) is 0 Å². The minimum Gasteiger partial charge on any atom is -0.481 e. The summed E-state index contributed by atoms with van der Waals surface area (Å²) in [7, 11) is 0. The maximum absolute atomic E-state index is 12.0. The Kier molecular flexibility index (Phi) is 5.74. The second-order valence-electron chi connectivity index (χ2n) is 5.57. The number of carboxylic acid groups (broad SMARTS) is 1. The monoisotopic (exact) mass is 262 g/mol. The highest BCUT2D eigenvalue weighted by molar-refractivity contribution is 5.85. The minimum atomic E-state index is -0.869. The van der Waals surface area contributed by atoms with E-state index >= 15 is 0 Å². The molecule has 0 radical (unpaired) electrons. The van der Waals surface area contributed by atoms with Crippen molar-refractivity contribution in [2.45, 2.75) is 40.0 Å². The van der Waals surface area contributed by atoms with Crippen LogP contribution < -0.4 is 0 Å². The first kappa shape index (κ1) is 15.4. The number of ketones is 1. The number of carboxylic acids is 1. The Morgan fingerprint density at radius 3 is 2.47 bits per heavy atom. The van der Waals surface area contributed by atoms with Crippen LogP contribution in [-0.2, 0) is 16.0 Å². The van der Waals surface area contributed by atoms with Crippen LogP contribution >= 0.6 is 0 Å². The summed E-state index contributed by atoms with van der Waals surface area (Å²) in [5.74, 6) is -1.14. The number of carbonyl (C=O) groups excluding carboxylic acids is 1. The summed E-state index contributed by atoms with van der Waals surface area (Å²) in [5.41, 5.74) is 2.07. The van der Waals surface area contributed by atoms with Crippen LogP contribution in [0.5, 0.6) is 0 Å².